The van der Waals surface area contributed by atoms with Gasteiger partial charge in [-0.1, -0.05) is 6.07 Å². The number of morpholine rings is 1. The highest BCUT2D eigenvalue weighted by Crippen LogP contribution is 2.35. The first-order valence-electron chi connectivity index (χ1n) is 7.89. The lowest BCUT2D eigenvalue weighted by atomic mass is 9.82. The number of hydrogen-bond donors (Lipinski definition) is 0. The van der Waals surface area contributed by atoms with E-state index < -0.39 is 0 Å². The zero-order valence-electron chi connectivity index (χ0n) is 12.7. The van der Waals surface area contributed by atoms with Crippen LogP contribution in [0.5, 0.6) is 0 Å². The molecule has 0 amide bonds. The van der Waals surface area contributed by atoms with Crippen molar-refractivity contribution < 1.29 is 4.74 Å². The largest absolute Gasteiger partial charge is 0.378 e. The van der Waals surface area contributed by atoms with E-state index in [0.717, 1.165) is 32.8 Å². The van der Waals surface area contributed by atoms with Crippen LogP contribution in [-0.2, 0) is 11.3 Å². The average molecular weight is 288 g/mol. The number of likely N-dealkylation sites (tertiary alicyclic amines) is 1. The van der Waals surface area contributed by atoms with Crippen molar-refractivity contribution in [3.8, 4) is 0 Å². The first-order chi connectivity index (χ1) is 10.3. The summed E-state index contributed by atoms with van der Waals surface area (Å²) in [6, 6.07) is 4.78. The molecule has 5 heteroatoms. The van der Waals surface area contributed by atoms with Crippen LogP contribution in [0, 0.1) is 0 Å². The number of aromatic nitrogens is 1. The first-order valence-corrected chi connectivity index (χ1v) is 7.89. The van der Waals surface area contributed by atoms with Crippen molar-refractivity contribution in [2.45, 2.75) is 18.1 Å². The second kappa shape index (κ2) is 5.32. The first kappa shape index (κ1) is 13.6. The highest BCUT2D eigenvalue weighted by atomic mass is 16.5. The van der Waals surface area contributed by atoms with E-state index in [1.54, 1.807) is 0 Å². The van der Waals surface area contributed by atoms with Gasteiger partial charge in [0, 0.05) is 57.7 Å². The molecule has 0 aliphatic carbocycles. The molecule has 1 aromatic rings. The van der Waals surface area contributed by atoms with E-state index >= 15 is 0 Å². The fourth-order valence-electron chi connectivity index (χ4n) is 4.38. The zero-order chi connectivity index (χ0) is 14.3. The van der Waals surface area contributed by atoms with Crippen molar-refractivity contribution in [3.05, 3.63) is 30.1 Å². The van der Waals surface area contributed by atoms with E-state index in [0.29, 0.717) is 11.6 Å². The number of fused-ring (bicyclic) bond motifs is 2. The lowest BCUT2D eigenvalue weighted by Crippen LogP contribution is -2.80. The maximum Gasteiger partial charge on any atom is 0.0635 e. The Morgan fingerprint density at radius 1 is 1.38 bits per heavy atom. The zero-order valence-corrected chi connectivity index (χ0v) is 12.7. The molecule has 0 bridgehead atoms. The molecule has 1 spiro atoms. The SMILES string of the molecule is CN1CC2COCCN2C2(C1)CN(Cc1cccnc1)C2. The Bertz CT molecular complexity index is 488. The number of nitrogens with zero attached hydrogens (tertiary/aromatic N) is 4. The van der Waals surface area contributed by atoms with Crippen LogP contribution in [0.2, 0.25) is 0 Å². The summed E-state index contributed by atoms with van der Waals surface area (Å²) in [7, 11) is 2.25. The Morgan fingerprint density at radius 3 is 3.10 bits per heavy atom. The van der Waals surface area contributed by atoms with Crippen LogP contribution in [-0.4, -0.2) is 84.2 Å². The predicted molar refractivity (Wildman–Crippen MR) is 81.1 cm³/mol. The van der Waals surface area contributed by atoms with Crippen LogP contribution in [0.3, 0.4) is 0 Å². The van der Waals surface area contributed by atoms with Gasteiger partial charge in [0.05, 0.1) is 18.8 Å². The average Bonchev–Trinajstić information content (AvgIpc) is 2.46. The molecule has 21 heavy (non-hydrogen) atoms. The predicted octanol–water partition coefficient (Wildman–Crippen LogP) is 0.282. The molecular weight excluding hydrogens is 264 g/mol. The summed E-state index contributed by atoms with van der Waals surface area (Å²) in [6.07, 6.45) is 3.82. The van der Waals surface area contributed by atoms with Gasteiger partial charge in [0.2, 0.25) is 0 Å². The van der Waals surface area contributed by atoms with Gasteiger partial charge in [0.25, 0.3) is 0 Å². The molecule has 1 unspecified atom stereocenters. The van der Waals surface area contributed by atoms with Gasteiger partial charge in [-0.3, -0.25) is 14.8 Å². The molecule has 1 atom stereocenters. The second-order valence-electron chi connectivity index (χ2n) is 6.85. The molecular formula is C16H24N4O. The smallest absolute Gasteiger partial charge is 0.0635 e. The van der Waals surface area contributed by atoms with Gasteiger partial charge in [-0.15, -0.1) is 0 Å². The lowest BCUT2D eigenvalue weighted by molar-refractivity contribution is -0.163. The van der Waals surface area contributed by atoms with Crippen LogP contribution in [0.1, 0.15) is 5.56 Å². The maximum atomic E-state index is 5.68. The van der Waals surface area contributed by atoms with Crippen LogP contribution >= 0.6 is 0 Å². The second-order valence-corrected chi connectivity index (χ2v) is 6.85. The molecule has 4 heterocycles. The number of ether oxygens (including phenoxy) is 1. The van der Waals surface area contributed by atoms with Crippen molar-refractivity contribution >= 4 is 0 Å². The standard InChI is InChI=1S/C16H24N4O/c1-18-9-15-10-21-6-5-20(15)16(11-18)12-19(13-16)8-14-3-2-4-17-7-14/h2-4,7,15H,5-6,8-13H2,1H3. The third-order valence-corrected chi connectivity index (χ3v) is 5.09. The molecule has 0 saturated carbocycles. The molecule has 0 aromatic carbocycles. The molecule has 3 saturated heterocycles. The molecule has 5 nitrogen and oxygen atoms in total. The molecule has 0 N–H and O–H groups in total. The molecule has 3 aliphatic heterocycles. The van der Waals surface area contributed by atoms with E-state index in [-0.39, 0.29) is 0 Å². The van der Waals surface area contributed by atoms with E-state index in [4.69, 9.17) is 4.74 Å². The van der Waals surface area contributed by atoms with Crippen molar-refractivity contribution in [3.63, 3.8) is 0 Å². The number of pyridine rings is 1. The molecule has 114 valence electrons. The third kappa shape index (κ3) is 2.48. The van der Waals surface area contributed by atoms with Crippen LogP contribution in [0.15, 0.2) is 24.5 Å². The van der Waals surface area contributed by atoms with Gasteiger partial charge in [-0.2, -0.15) is 0 Å². The summed E-state index contributed by atoms with van der Waals surface area (Å²) in [4.78, 5) is 12.0. The van der Waals surface area contributed by atoms with Crippen molar-refractivity contribution in [1.82, 2.24) is 19.7 Å². The monoisotopic (exact) mass is 288 g/mol. The van der Waals surface area contributed by atoms with Crippen LogP contribution in [0.4, 0.5) is 0 Å². The molecule has 0 radical (unpaired) electrons. The number of rotatable bonds is 2. The van der Waals surface area contributed by atoms with Gasteiger partial charge < -0.3 is 9.64 Å². The fourth-order valence-corrected chi connectivity index (χ4v) is 4.38. The number of likely N-dealkylation sites (N-methyl/N-ethyl adjacent to an activating group) is 1. The summed E-state index contributed by atoms with van der Waals surface area (Å²) in [5.41, 5.74) is 1.67. The van der Waals surface area contributed by atoms with Gasteiger partial charge in [0.1, 0.15) is 0 Å². The summed E-state index contributed by atoms with van der Waals surface area (Å²) >= 11 is 0. The van der Waals surface area contributed by atoms with Crippen molar-refractivity contribution in [2.24, 2.45) is 0 Å². The topological polar surface area (TPSA) is 31.8 Å². The normalized spacial score (nSPS) is 30.0. The number of piperazine rings is 1. The lowest BCUT2D eigenvalue weighted by Gasteiger charge is -2.63. The summed E-state index contributed by atoms with van der Waals surface area (Å²) in [5, 5.41) is 0. The quantitative estimate of drug-likeness (QED) is 0.780. The number of hydrogen-bond acceptors (Lipinski definition) is 5. The Balaban J connectivity index is 1.43. The highest BCUT2D eigenvalue weighted by molar-refractivity contribution is 5.14. The Labute approximate surface area is 126 Å². The van der Waals surface area contributed by atoms with E-state index in [1.807, 2.05) is 18.5 Å². The minimum absolute atomic E-state index is 0.351. The summed E-state index contributed by atoms with van der Waals surface area (Å²) in [6.45, 7) is 8.58. The van der Waals surface area contributed by atoms with Crippen LogP contribution in [0.25, 0.3) is 0 Å². The molecule has 3 aliphatic rings. The van der Waals surface area contributed by atoms with E-state index in [2.05, 4.69) is 32.8 Å². The minimum Gasteiger partial charge on any atom is -0.378 e. The third-order valence-electron chi connectivity index (χ3n) is 5.09. The molecule has 3 fully saturated rings. The van der Waals surface area contributed by atoms with E-state index in [1.165, 1.54) is 25.2 Å². The van der Waals surface area contributed by atoms with Crippen LogP contribution < -0.4 is 0 Å². The van der Waals surface area contributed by atoms with E-state index in [9.17, 15) is 0 Å². The highest BCUT2D eigenvalue weighted by Gasteiger charge is 2.53. The Hall–Kier alpha value is -1.01. The Morgan fingerprint density at radius 2 is 2.29 bits per heavy atom. The van der Waals surface area contributed by atoms with Gasteiger partial charge >= 0.3 is 0 Å². The van der Waals surface area contributed by atoms with Gasteiger partial charge in [-0.05, 0) is 18.7 Å². The fraction of sp³-hybridized carbons (Fsp3) is 0.688. The summed E-state index contributed by atoms with van der Waals surface area (Å²) in [5.74, 6) is 0. The maximum absolute atomic E-state index is 5.68. The molecule has 4 rings (SSSR count). The van der Waals surface area contributed by atoms with Crippen molar-refractivity contribution in [2.75, 3.05) is 53.0 Å². The summed E-state index contributed by atoms with van der Waals surface area (Å²) < 4.78 is 5.68. The Kier molecular flexibility index (Phi) is 3.46. The minimum atomic E-state index is 0.351. The molecule has 1 aromatic heterocycles. The van der Waals surface area contributed by atoms with Crippen molar-refractivity contribution in [1.29, 1.82) is 0 Å². The van der Waals surface area contributed by atoms with Gasteiger partial charge in [-0.25, -0.2) is 0 Å². The van der Waals surface area contributed by atoms with Gasteiger partial charge in [0.15, 0.2) is 0 Å².